The number of carbonyl (C=O) groups is 1. The highest BCUT2D eigenvalue weighted by Gasteiger charge is 2.14. The molecule has 0 aliphatic heterocycles. The lowest BCUT2D eigenvalue weighted by Crippen LogP contribution is -2.26. The SMILES string of the molecule is C[C@@H](NC(=O)CCc1ccccc1)c1nc(-c2ccncc2)cs1. The first-order chi connectivity index (χ1) is 11.7. The van der Waals surface area contributed by atoms with E-state index in [1.165, 1.54) is 5.56 Å². The van der Waals surface area contributed by atoms with Gasteiger partial charge in [-0.15, -0.1) is 11.3 Å². The lowest BCUT2D eigenvalue weighted by atomic mass is 10.1. The zero-order valence-electron chi connectivity index (χ0n) is 13.5. The number of amides is 1. The van der Waals surface area contributed by atoms with E-state index in [0.717, 1.165) is 22.7 Å². The van der Waals surface area contributed by atoms with Crippen LogP contribution in [0.25, 0.3) is 11.3 Å². The zero-order valence-corrected chi connectivity index (χ0v) is 14.3. The topological polar surface area (TPSA) is 54.9 Å². The number of hydrogen-bond acceptors (Lipinski definition) is 4. The molecule has 1 aromatic carbocycles. The molecule has 0 spiro atoms. The second kappa shape index (κ2) is 7.84. The Morgan fingerprint density at radius 3 is 2.67 bits per heavy atom. The minimum absolute atomic E-state index is 0.0482. The quantitative estimate of drug-likeness (QED) is 0.739. The normalized spacial score (nSPS) is 11.9. The first kappa shape index (κ1) is 16.3. The third kappa shape index (κ3) is 4.26. The Hall–Kier alpha value is -2.53. The van der Waals surface area contributed by atoms with Gasteiger partial charge in [-0.3, -0.25) is 9.78 Å². The number of pyridine rings is 1. The second-order valence-electron chi connectivity index (χ2n) is 5.58. The molecule has 5 heteroatoms. The van der Waals surface area contributed by atoms with E-state index in [1.54, 1.807) is 23.7 Å². The zero-order chi connectivity index (χ0) is 16.8. The molecule has 1 amide bonds. The minimum Gasteiger partial charge on any atom is -0.347 e. The van der Waals surface area contributed by atoms with Gasteiger partial charge in [0.1, 0.15) is 5.01 Å². The molecule has 3 rings (SSSR count). The van der Waals surface area contributed by atoms with Gasteiger partial charge in [0.25, 0.3) is 0 Å². The van der Waals surface area contributed by atoms with Gasteiger partial charge in [0.15, 0.2) is 0 Å². The molecule has 24 heavy (non-hydrogen) atoms. The summed E-state index contributed by atoms with van der Waals surface area (Å²) < 4.78 is 0. The highest BCUT2D eigenvalue weighted by Crippen LogP contribution is 2.25. The summed E-state index contributed by atoms with van der Waals surface area (Å²) in [6, 6.07) is 13.8. The monoisotopic (exact) mass is 337 g/mol. The van der Waals surface area contributed by atoms with Gasteiger partial charge in [0.05, 0.1) is 11.7 Å². The number of aromatic nitrogens is 2. The third-order valence-electron chi connectivity index (χ3n) is 3.73. The number of nitrogens with zero attached hydrogens (tertiary/aromatic N) is 2. The molecule has 3 aromatic rings. The van der Waals surface area contributed by atoms with Crippen LogP contribution in [0.3, 0.4) is 0 Å². The minimum atomic E-state index is -0.0890. The molecule has 0 bridgehead atoms. The molecule has 0 aliphatic carbocycles. The summed E-state index contributed by atoms with van der Waals surface area (Å²) in [4.78, 5) is 20.8. The Morgan fingerprint density at radius 2 is 1.92 bits per heavy atom. The number of carbonyl (C=O) groups excluding carboxylic acids is 1. The highest BCUT2D eigenvalue weighted by atomic mass is 32.1. The van der Waals surface area contributed by atoms with Gasteiger partial charge in [-0.05, 0) is 31.0 Å². The van der Waals surface area contributed by atoms with Gasteiger partial charge in [-0.25, -0.2) is 4.98 Å². The molecule has 0 saturated heterocycles. The fourth-order valence-electron chi connectivity index (χ4n) is 2.42. The van der Waals surface area contributed by atoms with Crippen molar-refractivity contribution in [1.82, 2.24) is 15.3 Å². The van der Waals surface area contributed by atoms with Crippen molar-refractivity contribution in [1.29, 1.82) is 0 Å². The fourth-order valence-corrected chi connectivity index (χ4v) is 3.25. The van der Waals surface area contributed by atoms with Crippen LogP contribution < -0.4 is 5.32 Å². The summed E-state index contributed by atoms with van der Waals surface area (Å²) in [6.07, 6.45) is 4.74. The molecule has 4 nitrogen and oxygen atoms in total. The van der Waals surface area contributed by atoms with Gasteiger partial charge in [0, 0.05) is 29.8 Å². The summed E-state index contributed by atoms with van der Waals surface area (Å²) in [5.41, 5.74) is 3.13. The second-order valence-corrected chi connectivity index (χ2v) is 6.47. The van der Waals surface area contributed by atoms with E-state index in [2.05, 4.69) is 15.3 Å². The lowest BCUT2D eigenvalue weighted by Gasteiger charge is -2.11. The third-order valence-corrected chi connectivity index (χ3v) is 4.76. The lowest BCUT2D eigenvalue weighted by molar-refractivity contribution is -0.121. The van der Waals surface area contributed by atoms with Crippen molar-refractivity contribution in [3.8, 4) is 11.3 Å². The van der Waals surface area contributed by atoms with Crippen LogP contribution in [-0.2, 0) is 11.2 Å². The molecule has 1 N–H and O–H groups in total. The average molecular weight is 337 g/mol. The highest BCUT2D eigenvalue weighted by molar-refractivity contribution is 7.10. The van der Waals surface area contributed by atoms with E-state index in [4.69, 9.17) is 0 Å². The van der Waals surface area contributed by atoms with Crippen molar-refractivity contribution in [2.45, 2.75) is 25.8 Å². The molecule has 122 valence electrons. The largest absolute Gasteiger partial charge is 0.347 e. The number of nitrogens with one attached hydrogen (secondary N) is 1. The smallest absolute Gasteiger partial charge is 0.220 e. The van der Waals surface area contributed by atoms with Crippen molar-refractivity contribution >= 4 is 17.2 Å². The summed E-state index contributed by atoms with van der Waals surface area (Å²) in [6.45, 7) is 1.97. The fraction of sp³-hybridized carbons (Fsp3) is 0.211. The molecule has 0 fully saturated rings. The van der Waals surface area contributed by atoms with Crippen molar-refractivity contribution < 1.29 is 4.79 Å². The maximum atomic E-state index is 12.1. The Bertz CT molecular complexity index is 787. The molecule has 0 saturated carbocycles. The average Bonchev–Trinajstić information content (AvgIpc) is 3.12. The van der Waals surface area contributed by atoms with E-state index >= 15 is 0 Å². The van der Waals surface area contributed by atoms with E-state index < -0.39 is 0 Å². The Balaban J connectivity index is 1.56. The van der Waals surface area contributed by atoms with Crippen molar-refractivity contribution in [2.75, 3.05) is 0 Å². The van der Waals surface area contributed by atoms with Gasteiger partial charge in [-0.2, -0.15) is 0 Å². The first-order valence-electron chi connectivity index (χ1n) is 7.91. The number of hydrogen-bond donors (Lipinski definition) is 1. The number of benzene rings is 1. The molecule has 1 atom stereocenters. The maximum Gasteiger partial charge on any atom is 0.220 e. The standard InChI is InChI=1S/C19H19N3OS/c1-14(21-18(23)8-7-15-5-3-2-4-6-15)19-22-17(13-24-19)16-9-11-20-12-10-16/h2-6,9-14H,7-8H2,1H3,(H,21,23)/t14-/m1/s1. The molecule has 0 unspecified atom stereocenters. The van der Waals surface area contributed by atoms with E-state index in [9.17, 15) is 4.79 Å². The summed E-state index contributed by atoms with van der Waals surface area (Å²) in [5, 5.41) is 5.95. The van der Waals surface area contributed by atoms with Gasteiger partial charge in [0.2, 0.25) is 5.91 Å². The van der Waals surface area contributed by atoms with Crippen LogP contribution in [0.4, 0.5) is 0 Å². The number of thiazole rings is 1. The Morgan fingerprint density at radius 1 is 1.17 bits per heavy atom. The molecule has 0 aliphatic rings. The Kier molecular flexibility index (Phi) is 5.33. The van der Waals surface area contributed by atoms with Gasteiger partial charge >= 0.3 is 0 Å². The van der Waals surface area contributed by atoms with Crippen molar-refractivity contribution in [3.63, 3.8) is 0 Å². The summed E-state index contributed by atoms with van der Waals surface area (Å²) in [7, 11) is 0. The van der Waals surface area contributed by atoms with Crippen molar-refractivity contribution in [2.24, 2.45) is 0 Å². The number of aryl methyl sites for hydroxylation is 1. The van der Waals surface area contributed by atoms with E-state index in [1.807, 2.05) is 54.8 Å². The Labute approximate surface area is 145 Å². The van der Waals surface area contributed by atoms with Crippen LogP contribution in [0.5, 0.6) is 0 Å². The van der Waals surface area contributed by atoms with E-state index in [0.29, 0.717) is 6.42 Å². The van der Waals surface area contributed by atoms with Crippen LogP contribution in [-0.4, -0.2) is 15.9 Å². The first-order valence-corrected chi connectivity index (χ1v) is 8.79. The van der Waals surface area contributed by atoms with E-state index in [-0.39, 0.29) is 11.9 Å². The van der Waals surface area contributed by atoms with Crippen LogP contribution in [0.1, 0.15) is 30.0 Å². The number of rotatable bonds is 6. The molecule has 0 radical (unpaired) electrons. The molecular weight excluding hydrogens is 318 g/mol. The summed E-state index contributed by atoms with van der Waals surface area (Å²) in [5.74, 6) is 0.0482. The summed E-state index contributed by atoms with van der Waals surface area (Å²) >= 11 is 1.56. The molecular formula is C19H19N3OS. The van der Waals surface area contributed by atoms with Crippen LogP contribution >= 0.6 is 11.3 Å². The van der Waals surface area contributed by atoms with Crippen LogP contribution in [0.2, 0.25) is 0 Å². The predicted molar refractivity (Wildman–Crippen MR) is 96.7 cm³/mol. The van der Waals surface area contributed by atoms with Gasteiger partial charge < -0.3 is 5.32 Å². The van der Waals surface area contributed by atoms with Gasteiger partial charge in [-0.1, -0.05) is 30.3 Å². The molecule has 2 aromatic heterocycles. The maximum absolute atomic E-state index is 12.1. The van der Waals surface area contributed by atoms with Crippen molar-refractivity contribution in [3.05, 3.63) is 70.8 Å². The predicted octanol–water partition coefficient (Wildman–Crippen LogP) is 4.02. The van der Waals surface area contributed by atoms with Crippen LogP contribution in [0, 0.1) is 0 Å². The molecule has 2 heterocycles. The van der Waals surface area contributed by atoms with Crippen LogP contribution in [0.15, 0.2) is 60.2 Å².